The van der Waals surface area contributed by atoms with Crippen molar-refractivity contribution in [2.24, 2.45) is 22.4 Å². The van der Waals surface area contributed by atoms with E-state index in [0.717, 1.165) is 30.7 Å². The fourth-order valence-electron chi connectivity index (χ4n) is 4.19. The van der Waals surface area contributed by atoms with Crippen LogP contribution in [0.4, 0.5) is 13.2 Å². The van der Waals surface area contributed by atoms with Crippen LogP contribution in [-0.4, -0.2) is 45.9 Å². The monoisotopic (exact) mass is 440 g/mol. The molecular formula is C21H27F3N4O3. The summed E-state index contributed by atoms with van der Waals surface area (Å²) in [6, 6.07) is 4.69. The Hall–Kier alpha value is -2.62. The van der Waals surface area contributed by atoms with Crippen molar-refractivity contribution in [1.29, 1.82) is 0 Å². The molecule has 1 aromatic heterocycles. The third kappa shape index (κ3) is 5.55. The Morgan fingerprint density at radius 2 is 2.03 bits per heavy atom. The van der Waals surface area contributed by atoms with Gasteiger partial charge in [-0.05, 0) is 43.5 Å². The van der Waals surface area contributed by atoms with Crippen LogP contribution in [0.15, 0.2) is 42.1 Å². The number of benzene rings is 1. The number of hydrogen-bond donors (Lipinski definition) is 1. The number of ether oxygens (including phenoxy) is 1. The van der Waals surface area contributed by atoms with Crippen LogP contribution < -0.4 is 4.74 Å². The molecule has 170 valence electrons. The molecule has 1 aliphatic carbocycles. The maximum atomic E-state index is 12.8. The lowest BCUT2D eigenvalue weighted by Gasteiger charge is -2.43. The molecule has 0 aliphatic heterocycles. The summed E-state index contributed by atoms with van der Waals surface area (Å²) in [5.41, 5.74) is -0.219. The Kier molecular flexibility index (Phi) is 7.19. The molecule has 0 spiro atoms. The average Bonchev–Trinajstić information content (AvgIpc) is 3.23. The van der Waals surface area contributed by atoms with Crippen molar-refractivity contribution in [2.45, 2.75) is 38.9 Å². The highest BCUT2D eigenvalue weighted by molar-refractivity contribution is 5.92. The lowest BCUT2D eigenvalue weighted by Crippen LogP contribution is -2.46. The number of aliphatic hydroxyl groups is 1. The van der Waals surface area contributed by atoms with Crippen molar-refractivity contribution < 1.29 is 27.9 Å². The highest BCUT2D eigenvalue weighted by atomic mass is 19.4. The fraction of sp³-hybridized carbons (Fsp3) is 0.571. The van der Waals surface area contributed by atoms with Crippen molar-refractivity contribution in [3.05, 3.63) is 42.5 Å². The molecule has 7 nitrogen and oxygen atoms in total. The molecule has 3 atom stereocenters. The number of halogens is 3. The van der Waals surface area contributed by atoms with E-state index in [1.165, 1.54) is 25.6 Å². The van der Waals surface area contributed by atoms with Crippen LogP contribution in [0.25, 0.3) is 0 Å². The van der Waals surface area contributed by atoms with E-state index in [4.69, 9.17) is 9.57 Å². The lowest BCUT2D eigenvalue weighted by atomic mass is 9.63. The highest BCUT2D eigenvalue weighted by Crippen LogP contribution is 2.43. The number of oxime groups is 1. The lowest BCUT2D eigenvalue weighted by molar-refractivity contribution is -0.137. The molecule has 10 heteroatoms. The molecule has 0 unspecified atom stereocenters. The molecule has 0 amide bonds. The van der Waals surface area contributed by atoms with E-state index in [9.17, 15) is 18.3 Å². The van der Waals surface area contributed by atoms with Gasteiger partial charge in [-0.2, -0.15) is 18.3 Å². The first-order valence-corrected chi connectivity index (χ1v) is 10.1. The van der Waals surface area contributed by atoms with Crippen molar-refractivity contribution in [3.8, 4) is 5.75 Å². The Balaban J connectivity index is 1.79. The first kappa shape index (κ1) is 23.1. The van der Waals surface area contributed by atoms with Crippen molar-refractivity contribution in [1.82, 2.24) is 14.8 Å². The zero-order valence-electron chi connectivity index (χ0n) is 17.5. The van der Waals surface area contributed by atoms with Gasteiger partial charge in [0.2, 0.25) is 0 Å². The van der Waals surface area contributed by atoms with E-state index < -0.39 is 11.7 Å². The quantitative estimate of drug-likeness (QED) is 0.632. The second-order valence-corrected chi connectivity index (χ2v) is 8.05. The predicted molar refractivity (Wildman–Crippen MR) is 107 cm³/mol. The molecule has 1 N–H and O–H groups in total. The van der Waals surface area contributed by atoms with Crippen molar-refractivity contribution >= 4 is 5.71 Å². The van der Waals surface area contributed by atoms with Gasteiger partial charge in [0.25, 0.3) is 0 Å². The number of aliphatic hydroxyl groups excluding tert-OH is 1. The van der Waals surface area contributed by atoms with Gasteiger partial charge >= 0.3 is 6.18 Å². The Morgan fingerprint density at radius 3 is 2.61 bits per heavy atom. The summed E-state index contributed by atoms with van der Waals surface area (Å²) < 4.78 is 45.9. The number of aromatic nitrogens is 3. The third-order valence-electron chi connectivity index (χ3n) is 5.95. The van der Waals surface area contributed by atoms with Crippen molar-refractivity contribution in [2.75, 3.05) is 20.3 Å². The van der Waals surface area contributed by atoms with Crippen LogP contribution in [0.3, 0.4) is 0 Å². The molecular weight excluding hydrogens is 413 g/mol. The van der Waals surface area contributed by atoms with E-state index >= 15 is 0 Å². The van der Waals surface area contributed by atoms with E-state index in [1.807, 2.05) is 0 Å². The van der Waals surface area contributed by atoms with E-state index in [0.29, 0.717) is 25.3 Å². The average molecular weight is 440 g/mol. The third-order valence-corrected chi connectivity index (χ3v) is 5.95. The summed E-state index contributed by atoms with van der Waals surface area (Å²) in [6.45, 7) is 2.90. The van der Waals surface area contributed by atoms with Crippen molar-refractivity contribution in [3.63, 3.8) is 0 Å². The van der Waals surface area contributed by atoms with Crippen LogP contribution in [-0.2, 0) is 17.6 Å². The maximum absolute atomic E-state index is 12.8. The second kappa shape index (κ2) is 9.67. The zero-order chi connectivity index (χ0) is 22.5. The molecule has 0 bridgehead atoms. The Morgan fingerprint density at radius 1 is 1.29 bits per heavy atom. The second-order valence-electron chi connectivity index (χ2n) is 8.05. The summed E-state index contributed by atoms with van der Waals surface area (Å²) in [5, 5.41) is 18.1. The van der Waals surface area contributed by atoms with Gasteiger partial charge in [0.05, 0.1) is 24.4 Å². The molecule has 0 saturated heterocycles. The maximum Gasteiger partial charge on any atom is 0.416 e. The van der Waals surface area contributed by atoms with E-state index in [1.54, 1.807) is 11.0 Å². The summed E-state index contributed by atoms with van der Waals surface area (Å²) >= 11 is 0. The number of alkyl halides is 3. The number of rotatable bonds is 8. The van der Waals surface area contributed by atoms with Gasteiger partial charge < -0.3 is 14.7 Å². The van der Waals surface area contributed by atoms with E-state index in [-0.39, 0.29) is 23.9 Å². The highest BCUT2D eigenvalue weighted by Gasteiger charge is 2.44. The smallest absolute Gasteiger partial charge is 0.416 e. The minimum atomic E-state index is -4.38. The van der Waals surface area contributed by atoms with Crippen LogP contribution >= 0.6 is 0 Å². The van der Waals surface area contributed by atoms with Crippen LogP contribution in [0.1, 0.15) is 31.7 Å². The standard InChI is InChI=1S/C21H27F3N4O3/c1-20(9-10-29)8-7-15(12-31-17-5-3-16(4-6-17)21(22,23)24)18(19(20)27-30-2)11-28-14-25-13-26-28/h3-6,13-15,18,29H,7-12H2,1-2H3/t15-,18-,20-/m0/s1. The molecule has 1 heterocycles. The minimum Gasteiger partial charge on any atom is -0.493 e. The zero-order valence-corrected chi connectivity index (χ0v) is 17.5. The van der Waals surface area contributed by atoms with Gasteiger partial charge in [0.15, 0.2) is 0 Å². The Bertz CT molecular complexity index is 856. The van der Waals surface area contributed by atoms with Crippen LogP contribution in [0.5, 0.6) is 5.75 Å². The first-order chi connectivity index (χ1) is 14.8. The first-order valence-electron chi connectivity index (χ1n) is 10.1. The van der Waals surface area contributed by atoms with Gasteiger partial charge in [0.1, 0.15) is 25.5 Å². The number of hydrogen-bond acceptors (Lipinski definition) is 6. The van der Waals surface area contributed by atoms with Gasteiger partial charge in [0, 0.05) is 23.9 Å². The Labute approximate surface area is 178 Å². The molecule has 1 saturated carbocycles. The summed E-state index contributed by atoms with van der Waals surface area (Å²) in [6.07, 6.45) is 0.833. The number of nitrogens with zero attached hydrogens (tertiary/aromatic N) is 4. The predicted octanol–water partition coefficient (Wildman–Crippen LogP) is 3.79. The van der Waals surface area contributed by atoms with Gasteiger partial charge in [-0.3, -0.25) is 4.68 Å². The molecule has 3 rings (SSSR count). The SMILES string of the molecule is CON=C1[C@@H](Cn2cncn2)[C@H](COc2ccc(C(F)(F)F)cc2)CC[C@@]1(C)CCO. The van der Waals surface area contributed by atoms with Gasteiger partial charge in [-0.15, -0.1) is 0 Å². The molecule has 2 aromatic rings. The van der Waals surface area contributed by atoms with Crippen LogP contribution in [0.2, 0.25) is 0 Å². The summed E-state index contributed by atoms with van der Waals surface area (Å²) in [4.78, 5) is 9.14. The molecule has 1 fully saturated rings. The van der Waals surface area contributed by atoms with E-state index in [2.05, 4.69) is 22.2 Å². The van der Waals surface area contributed by atoms with Crippen LogP contribution in [0, 0.1) is 17.3 Å². The normalized spacial score (nSPS) is 25.5. The largest absolute Gasteiger partial charge is 0.493 e. The minimum absolute atomic E-state index is 0.0298. The fourth-order valence-corrected chi connectivity index (χ4v) is 4.19. The molecule has 0 radical (unpaired) electrons. The summed E-state index contributed by atoms with van der Waals surface area (Å²) in [5.74, 6) is 0.315. The summed E-state index contributed by atoms with van der Waals surface area (Å²) in [7, 11) is 1.49. The van der Waals surface area contributed by atoms with Gasteiger partial charge in [-0.1, -0.05) is 12.1 Å². The molecule has 1 aromatic carbocycles. The topological polar surface area (TPSA) is 81.8 Å². The molecule has 31 heavy (non-hydrogen) atoms. The molecule has 1 aliphatic rings. The van der Waals surface area contributed by atoms with Gasteiger partial charge in [-0.25, -0.2) is 4.98 Å².